The summed E-state index contributed by atoms with van der Waals surface area (Å²) in [5.41, 5.74) is 0. The first-order valence-electron chi connectivity index (χ1n) is 8.40. The first kappa shape index (κ1) is 18.7. The highest BCUT2D eigenvalue weighted by Gasteiger charge is 2.16. The van der Waals surface area contributed by atoms with Crippen LogP contribution in [0.2, 0.25) is 0 Å². The predicted molar refractivity (Wildman–Crippen MR) is 90.0 cm³/mol. The van der Waals surface area contributed by atoms with Crippen molar-refractivity contribution in [2.24, 2.45) is 10.9 Å². The Kier molecular flexibility index (Phi) is 8.89. The normalized spacial score (nSPS) is 18.6. The second kappa shape index (κ2) is 10.4. The molecule has 2 N–H and O–H groups in total. The van der Waals surface area contributed by atoms with Gasteiger partial charge in [-0.2, -0.15) is 0 Å². The third kappa shape index (κ3) is 7.11. The SMILES string of the molecule is CCC(CC)CNC(=NCC(=O)N(C)C)NCC1CCCO1. The highest BCUT2D eigenvalue weighted by molar-refractivity contribution is 5.84. The van der Waals surface area contributed by atoms with Crippen molar-refractivity contribution in [1.29, 1.82) is 0 Å². The van der Waals surface area contributed by atoms with Gasteiger partial charge in [-0.25, -0.2) is 4.99 Å². The number of aliphatic imine (C=N–C) groups is 1. The zero-order chi connectivity index (χ0) is 16.4. The van der Waals surface area contributed by atoms with E-state index in [9.17, 15) is 4.79 Å². The molecule has 1 rings (SSSR count). The van der Waals surface area contributed by atoms with Gasteiger partial charge in [-0.3, -0.25) is 4.79 Å². The van der Waals surface area contributed by atoms with E-state index < -0.39 is 0 Å². The summed E-state index contributed by atoms with van der Waals surface area (Å²) in [5, 5.41) is 6.66. The molecule has 1 aliphatic heterocycles. The molecule has 1 fully saturated rings. The number of hydrogen-bond acceptors (Lipinski definition) is 3. The molecule has 0 aromatic rings. The molecule has 1 atom stereocenters. The van der Waals surface area contributed by atoms with Crippen molar-refractivity contribution in [3.05, 3.63) is 0 Å². The fourth-order valence-corrected chi connectivity index (χ4v) is 2.30. The van der Waals surface area contributed by atoms with E-state index in [1.807, 2.05) is 0 Å². The van der Waals surface area contributed by atoms with Gasteiger partial charge in [0, 0.05) is 33.8 Å². The molecule has 128 valence electrons. The minimum absolute atomic E-state index is 0.000694. The number of guanidine groups is 1. The number of ether oxygens (including phenoxy) is 1. The second-order valence-corrected chi connectivity index (χ2v) is 6.03. The van der Waals surface area contributed by atoms with Crippen LogP contribution >= 0.6 is 0 Å². The number of rotatable bonds is 8. The number of hydrogen-bond donors (Lipinski definition) is 2. The van der Waals surface area contributed by atoms with E-state index in [1.54, 1.807) is 19.0 Å². The van der Waals surface area contributed by atoms with E-state index in [2.05, 4.69) is 29.5 Å². The summed E-state index contributed by atoms with van der Waals surface area (Å²) in [7, 11) is 3.49. The Morgan fingerprint density at radius 2 is 2.05 bits per heavy atom. The molecule has 0 aromatic heterocycles. The Bertz CT molecular complexity index is 340. The summed E-state index contributed by atoms with van der Waals surface area (Å²) >= 11 is 0. The Balaban J connectivity index is 2.50. The largest absolute Gasteiger partial charge is 0.376 e. The van der Waals surface area contributed by atoms with E-state index in [1.165, 1.54) is 0 Å². The fourth-order valence-electron chi connectivity index (χ4n) is 2.30. The molecule has 0 aliphatic carbocycles. The van der Waals surface area contributed by atoms with Gasteiger partial charge in [-0.05, 0) is 18.8 Å². The lowest BCUT2D eigenvalue weighted by Gasteiger charge is -2.19. The quantitative estimate of drug-likeness (QED) is 0.522. The van der Waals surface area contributed by atoms with E-state index in [-0.39, 0.29) is 18.6 Å². The van der Waals surface area contributed by atoms with Crippen molar-refractivity contribution in [1.82, 2.24) is 15.5 Å². The molecular weight excluding hydrogens is 280 g/mol. The number of likely N-dealkylation sites (N-methyl/N-ethyl adjacent to an activating group) is 1. The summed E-state index contributed by atoms with van der Waals surface area (Å²) in [6.07, 6.45) is 4.74. The van der Waals surface area contributed by atoms with Gasteiger partial charge in [0.05, 0.1) is 6.10 Å². The van der Waals surface area contributed by atoms with Crippen LogP contribution in [0.25, 0.3) is 0 Å². The van der Waals surface area contributed by atoms with Crippen molar-refractivity contribution < 1.29 is 9.53 Å². The van der Waals surface area contributed by atoms with Crippen molar-refractivity contribution in [3.8, 4) is 0 Å². The Hall–Kier alpha value is -1.30. The Labute approximate surface area is 134 Å². The Morgan fingerprint density at radius 1 is 1.32 bits per heavy atom. The highest BCUT2D eigenvalue weighted by atomic mass is 16.5. The molecule has 1 aliphatic rings. The first-order chi connectivity index (χ1) is 10.6. The Morgan fingerprint density at radius 3 is 2.59 bits per heavy atom. The molecule has 1 heterocycles. The maximum absolute atomic E-state index is 11.7. The van der Waals surface area contributed by atoms with Gasteiger partial charge < -0.3 is 20.3 Å². The molecule has 6 nitrogen and oxygen atoms in total. The van der Waals surface area contributed by atoms with Crippen LogP contribution in [0.1, 0.15) is 39.5 Å². The third-order valence-electron chi connectivity index (χ3n) is 4.11. The summed E-state index contributed by atoms with van der Waals surface area (Å²) < 4.78 is 5.61. The van der Waals surface area contributed by atoms with Gasteiger partial charge in [-0.1, -0.05) is 26.7 Å². The first-order valence-corrected chi connectivity index (χ1v) is 8.40. The van der Waals surface area contributed by atoms with Crippen LogP contribution in [0.3, 0.4) is 0 Å². The standard InChI is InChI=1S/C16H32N4O2/c1-5-13(6-2)10-17-16(19-12-15(21)20(3)4)18-11-14-8-7-9-22-14/h13-14H,5-12H2,1-4H3,(H2,17,18,19). The number of amides is 1. The van der Waals surface area contributed by atoms with E-state index >= 15 is 0 Å². The van der Waals surface area contributed by atoms with Gasteiger partial charge in [0.25, 0.3) is 0 Å². The molecule has 0 saturated carbocycles. The van der Waals surface area contributed by atoms with Crippen LogP contribution in [0, 0.1) is 5.92 Å². The number of nitrogens with one attached hydrogen (secondary N) is 2. The van der Waals surface area contributed by atoms with Gasteiger partial charge >= 0.3 is 0 Å². The van der Waals surface area contributed by atoms with Crippen LogP contribution < -0.4 is 10.6 Å². The molecule has 1 unspecified atom stereocenters. The average molecular weight is 312 g/mol. The molecule has 22 heavy (non-hydrogen) atoms. The summed E-state index contributed by atoms with van der Waals surface area (Å²) in [4.78, 5) is 17.6. The maximum atomic E-state index is 11.7. The molecule has 0 radical (unpaired) electrons. The predicted octanol–water partition coefficient (Wildman–Crippen LogP) is 1.23. The van der Waals surface area contributed by atoms with Crippen molar-refractivity contribution in [2.75, 3.05) is 40.3 Å². The van der Waals surface area contributed by atoms with Crippen LogP contribution in [-0.4, -0.2) is 63.2 Å². The van der Waals surface area contributed by atoms with E-state index in [0.29, 0.717) is 11.9 Å². The fraction of sp³-hybridized carbons (Fsp3) is 0.875. The van der Waals surface area contributed by atoms with E-state index in [4.69, 9.17) is 4.74 Å². The molecule has 1 amide bonds. The number of nitrogens with zero attached hydrogens (tertiary/aromatic N) is 2. The summed E-state index contributed by atoms with van der Waals surface area (Å²) in [6, 6.07) is 0. The van der Waals surface area contributed by atoms with Gasteiger partial charge in [0.2, 0.25) is 5.91 Å². The lowest BCUT2D eigenvalue weighted by atomic mass is 10.0. The zero-order valence-electron chi connectivity index (χ0n) is 14.5. The number of carbonyl (C=O) groups is 1. The van der Waals surface area contributed by atoms with Crippen LogP contribution in [0.4, 0.5) is 0 Å². The second-order valence-electron chi connectivity index (χ2n) is 6.03. The minimum atomic E-state index is 0.000694. The molecule has 0 spiro atoms. The van der Waals surface area contributed by atoms with Crippen LogP contribution in [0.5, 0.6) is 0 Å². The third-order valence-corrected chi connectivity index (χ3v) is 4.11. The van der Waals surface area contributed by atoms with Crippen molar-refractivity contribution in [2.45, 2.75) is 45.6 Å². The van der Waals surface area contributed by atoms with Crippen LogP contribution in [0.15, 0.2) is 4.99 Å². The molecule has 6 heteroatoms. The average Bonchev–Trinajstić information content (AvgIpc) is 3.02. The lowest BCUT2D eigenvalue weighted by molar-refractivity contribution is -0.127. The van der Waals surface area contributed by atoms with Gasteiger partial charge in [0.1, 0.15) is 6.54 Å². The van der Waals surface area contributed by atoms with E-state index in [0.717, 1.165) is 45.4 Å². The highest BCUT2D eigenvalue weighted by Crippen LogP contribution is 2.10. The van der Waals surface area contributed by atoms with Gasteiger partial charge in [-0.15, -0.1) is 0 Å². The van der Waals surface area contributed by atoms with Crippen molar-refractivity contribution >= 4 is 11.9 Å². The molecule has 0 aromatic carbocycles. The summed E-state index contributed by atoms with van der Waals surface area (Å²) in [5.74, 6) is 1.33. The smallest absolute Gasteiger partial charge is 0.243 e. The minimum Gasteiger partial charge on any atom is -0.376 e. The maximum Gasteiger partial charge on any atom is 0.243 e. The van der Waals surface area contributed by atoms with Crippen molar-refractivity contribution in [3.63, 3.8) is 0 Å². The molecular formula is C16H32N4O2. The topological polar surface area (TPSA) is 66.0 Å². The lowest BCUT2D eigenvalue weighted by Crippen LogP contribution is -2.43. The van der Waals surface area contributed by atoms with Gasteiger partial charge in [0.15, 0.2) is 5.96 Å². The molecule has 0 bridgehead atoms. The zero-order valence-corrected chi connectivity index (χ0v) is 14.5. The monoisotopic (exact) mass is 312 g/mol. The van der Waals surface area contributed by atoms with Crippen LogP contribution in [-0.2, 0) is 9.53 Å². The number of carbonyl (C=O) groups excluding carboxylic acids is 1. The summed E-state index contributed by atoms with van der Waals surface area (Å²) in [6.45, 7) is 7.02. The molecule has 1 saturated heterocycles.